The third-order valence-corrected chi connectivity index (χ3v) is 4.47. The van der Waals surface area contributed by atoms with Crippen LogP contribution in [0, 0.1) is 11.8 Å². The molecule has 0 heterocycles. The first-order chi connectivity index (χ1) is 13.5. The fourth-order valence-electron chi connectivity index (χ4n) is 3.08. The highest BCUT2D eigenvalue weighted by Gasteiger charge is 2.09. The lowest BCUT2D eigenvalue weighted by atomic mass is 9.95. The number of hydrogen-bond acceptors (Lipinski definition) is 3. The molecule has 0 aliphatic rings. The van der Waals surface area contributed by atoms with Crippen LogP contribution in [-0.2, 0) is 9.47 Å². The van der Waals surface area contributed by atoms with Crippen molar-refractivity contribution in [2.24, 2.45) is 11.8 Å². The quantitative estimate of drug-likeness (QED) is 0.484. The van der Waals surface area contributed by atoms with Crippen LogP contribution in [0.3, 0.4) is 0 Å². The molecule has 2 rings (SSSR count). The molecule has 0 saturated carbocycles. The average molecular weight is 379 g/mol. The van der Waals surface area contributed by atoms with Crippen molar-refractivity contribution in [2.75, 3.05) is 13.2 Å². The minimum absolute atomic E-state index is 0.195. The van der Waals surface area contributed by atoms with Crippen molar-refractivity contribution < 1.29 is 14.3 Å². The minimum Gasteiger partial charge on any atom is -0.430 e. The van der Waals surface area contributed by atoms with Crippen molar-refractivity contribution in [1.29, 1.82) is 0 Å². The Bertz CT molecular complexity index is 720. The maximum Gasteiger partial charge on any atom is 0.508 e. The molecule has 2 aromatic carbocycles. The zero-order valence-electron chi connectivity index (χ0n) is 17.2. The molecule has 0 radical (unpaired) electrons. The molecule has 0 atom stereocenters. The molecule has 3 heteroatoms. The van der Waals surface area contributed by atoms with Crippen molar-refractivity contribution in [1.82, 2.24) is 0 Å². The molecule has 0 unspecified atom stereocenters. The summed E-state index contributed by atoms with van der Waals surface area (Å²) in [6, 6.07) is 20.2. The Morgan fingerprint density at radius 2 is 1.07 bits per heavy atom. The first-order valence-corrected chi connectivity index (χ1v) is 9.79. The average Bonchev–Trinajstić information content (AvgIpc) is 2.69. The third kappa shape index (κ3) is 6.73. The zero-order chi connectivity index (χ0) is 20.4. The summed E-state index contributed by atoms with van der Waals surface area (Å²) in [5.41, 5.74) is 4.59. The maximum absolute atomic E-state index is 11.9. The highest BCUT2D eigenvalue weighted by Crippen LogP contribution is 2.23. The van der Waals surface area contributed by atoms with E-state index in [2.05, 4.69) is 52.0 Å². The van der Waals surface area contributed by atoms with Gasteiger partial charge in [-0.15, -0.1) is 0 Å². The predicted octanol–water partition coefficient (Wildman–Crippen LogP) is 6.62. The number of carbonyl (C=O) groups excluding carboxylic acids is 1. The summed E-state index contributed by atoms with van der Waals surface area (Å²) in [4.78, 5) is 11.9. The highest BCUT2D eigenvalue weighted by molar-refractivity contribution is 5.68. The number of ether oxygens (including phenoxy) is 2. The Kier molecular flexibility index (Phi) is 8.54. The van der Waals surface area contributed by atoms with Gasteiger partial charge >= 0.3 is 6.16 Å². The molecule has 2 aromatic rings. The smallest absolute Gasteiger partial charge is 0.430 e. The van der Waals surface area contributed by atoms with E-state index in [4.69, 9.17) is 9.47 Å². The molecule has 0 amide bonds. The molecule has 0 bridgehead atoms. The van der Waals surface area contributed by atoms with Gasteiger partial charge in [-0.05, 0) is 46.3 Å². The lowest BCUT2D eigenvalue weighted by Gasteiger charge is -2.13. The molecule has 3 nitrogen and oxygen atoms in total. The third-order valence-electron chi connectivity index (χ3n) is 4.47. The van der Waals surface area contributed by atoms with Crippen LogP contribution in [0.25, 0.3) is 11.1 Å². The van der Waals surface area contributed by atoms with Gasteiger partial charge in [0.15, 0.2) is 0 Å². The van der Waals surface area contributed by atoms with E-state index >= 15 is 0 Å². The van der Waals surface area contributed by atoms with Crippen molar-refractivity contribution in [2.45, 2.75) is 27.7 Å². The van der Waals surface area contributed by atoms with Gasteiger partial charge in [-0.2, -0.15) is 0 Å². The van der Waals surface area contributed by atoms with E-state index in [0.717, 1.165) is 22.3 Å². The van der Waals surface area contributed by atoms with Gasteiger partial charge in [0.2, 0.25) is 0 Å². The second-order valence-corrected chi connectivity index (χ2v) is 7.23. The van der Waals surface area contributed by atoms with Crippen LogP contribution in [0.1, 0.15) is 38.8 Å². The van der Waals surface area contributed by atoms with E-state index in [9.17, 15) is 4.79 Å². The molecular formula is C25H30O3. The van der Waals surface area contributed by atoms with Gasteiger partial charge < -0.3 is 9.47 Å². The maximum atomic E-state index is 11.9. The summed E-state index contributed by atoms with van der Waals surface area (Å²) in [7, 11) is 0. The van der Waals surface area contributed by atoms with Crippen molar-refractivity contribution in [3.8, 4) is 0 Å². The van der Waals surface area contributed by atoms with Crippen molar-refractivity contribution >= 4 is 17.3 Å². The lowest BCUT2D eigenvalue weighted by Crippen LogP contribution is -2.09. The van der Waals surface area contributed by atoms with Gasteiger partial charge in [0.25, 0.3) is 0 Å². The van der Waals surface area contributed by atoms with Crippen molar-refractivity contribution in [3.05, 3.63) is 83.9 Å². The van der Waals surface area contributed by atoms with Crippen molar-refractivity contribution in [3.63, 3.8) is 0 Å². The Labute approximate surface area is 168 Å². The van der Waals surface area contributed by atoms with E-state index in [0.29, 0.717) is 11.8 Å². The molecule has 0 aliphatic carbocycles. The van der Waals surface area contributed by atoms with Crippen LogP contribution in [0.5, 0.6) is 0 Å². The van der Waals surface area contributed by atoms with Crippen LogP contribution in [0.4, 0.5) is 4.79 Å². The normalized spacial score (nSPS) is 12.4. The second-order valence-electron chi connectivity index (χ2n) is 7.23. The Balaban J connectivity index is 1.89. The van der Waals surface area contributed by atoms with Crippen LogP contribution in [-0.4, -0.2) is 19.4 Å². The van der Waals surface area contributed by atoms with Gasteiger partial charge in [-0.1, -0.05) is 88.4 Å². The summed E-state index contributed by atoms with van der Waals surface area (Å²) < 4.78 is 10.5. The van der Waals surface area contributed by atoms with Gasteiger partial charge in [0.05, 0.1) is 0 Å². The number of rotatable bonds is 8. The summed E-state index contributed by atoms with van der Waals surface area (Å²) in [6.45, 7) is 8.89. The van der Waals surface area contributed by atoms with Crippen LogP contribution in [0.2, 0.25) is 0 Å². The standard InChI is InChI=1S/C25H30O3/c1-19(2)23(21-11-7-5-8-12-21)15-17-27-25(26)28-18-16-24(20(3)4)22-13-9-6-10-14-22/h5-16,19-20H,17-18H2,1-4H3. The summed E-state index contributed by atoms with van der Waals surface area (Å²) in [5, 5.41) is 0. The monoisotopic (exact) mass is 378 g/mol. The first kappa shape index (κ1) is 21.5. The molecule has 0 N–H and O–H groups in total. The molecule has 28 heavy (non-hydrogen) atoms. The largest absolute Gasteiger partial charge is 0.508 e. The first-order valence-electron chi connectivity index (χ1n) is 9.79. The predicted molar refractivity (Wildman–Crippen MR) is 116 cm³/mol. The second kappa shape index (κ2) is 11.1. The summed E-state index contributed by atoms with van der Waals surface area (Å²) in [5.74, 6) is 0.675. The molecule has 0 saturated heterocycles. The molecular weight excluding hydrogens is 348 g/mol. The van der Waals surface area contributed by atoms with Gasteiger partial charge in [0, 0.05) is 0 Å². The van der Waals surface area contributed by atoms with E-state index < -0.39 is 6.16 Å². The Hall–Kier alpha value is -2.81. The SMILES string of the molecule is CC(C)C(=CCOC(=O)OCC=C(c1ccccc1)C(C)C)c1ccccc1. The fraction of sp³-hybridized carbons (Fsp3) is 0.320. The number of carbonyl (C=O) groups is 1. The molecule has 0 fully saturated rings. The van der Waals surface area contributed by atoms with E-state index in [1.54, 1.807) is 0 Å². The number of allylic oxidation sites excluding steroid dienone is 2. The molecule has 0 aromatic heterocycles. The van der Waals surface area contributed by atoms with E-state index in [1.165, 1.54) is 0 Å². The number of hydrogen-bond donors (Lipinski definition) is 0. The zero-order valence-corrected chi connectivity index (χ0v) is 17.2. The van der Waals surface area contributed by atoms with Crippen LogP contribution in [0.15, 0.2) is 72.8 Å². The summed E-state index contributed by atoms with van der Waals surface area (Å²) in [6.07, 6.45) is 3.24. The Morgan fingerprint density at radius 1 is 0.714 bits per heavy atom. The molecule has 148 valence electrons. The van der Waals surface area contributed by atoms with Gasteiger partial charge in [0.1, 0.15) is 13.2 Å². The number of benzene rings is 2. The highest BCUT2D eigenvalue weighted by atomic mass is 16.7. The lowest BCUT2D eigenvalue weighted by molar-refractivity contribution is 0.0718. The summed E-state index contributed by atoms with van der Waals surface area (Å²) >= 11 is 0. The van der Waals surface area contributed by atoms with Crippen LogP contribution < -0.4 is 0 Å². The van der Waals surface area contributed by atoms with Crippen LogP contribution >= 0.6 is 0 Å². The fourth-order valence-corrected chi connectivity index (χ4v) is 3.08. The van der Waals surface area contributed by atoms with E-state index in [-0.39, 0.29) is 13.2 Å². The van der Waals surface area contributed by atoms with Gasteiger partial charge in [-0.3, -0.25) is 0 Å². The molecule has 0 aliphatic heterocycles. The topological polar surface area (TPSA) is 35.5 Å². The van der Waals surface area contributed by atoms with Gasteiger partial charge in [-0.25, -0.2) is 4.79 Å². The van der Waals surface area contributed by atoms with E-state index in [1.807, 2.05) is 48.6 Å². The molecule has 0 spiro atoms. The minimum atomic E-state index is -0.653. The Morgan fingerprint density at radius 3 is 1.39 bits per heavy atom.